The van der Waals surface area contributed by atoms with Crippen LogP contribution in [0.5, 0.6) is 0 Å². The van der Waals surface area contributed by atoms with Gasteiger partial charge in [0.05, 0.1) is 11.7 Å². The van der Waals surface area contributed by atoms with E-state index in [2.05, 4.69) is 15.2 Å². The first-order valence-corrected chi connectivity index (χ1v) is 9.64. The molecule has 0 aliphatic rings. The van der Waals surface area contributed by atoms with E-state index in [1.807, 2.05) is 68.4 Å². The molecular formula is C21H19N3O2S. The number of carbonyl (C=O) groups excluding carboxylic acids is 1. The monoisotopic (exact) mass is 377 g/mol. The van der Waals surface area contributed by atoms with Crippen LogP contribution in [0.2, 0.25) is 0 Å². The molecular weight excluding hydrogens is 358 g/mol. The van der Waals surface area contributed by atoms with Crippen LogP contribution in [-0.2, 0) is 6.42 Å². The number of para-hydroxylation sites is 1. The van der Waals surface area contributed by atoms with E-state index in [4.69, 9.17) is 4.42 Å². The molecule has 136 valence electrons. The second-order valence-corrected chi connectivity index (χ2v) is 7.71. The predicted molar refractivity (Wildman–Crippen MR) is 106 cm³/mol. The van der Waals surface area contributed by atoms with E-state index < -0.39 is 0 Å². The molecule has 27 heavy (non-hydrogen) atoms. The van der Waals surface area contributed by atoms with E-state index in [0.29, 0.717) is 17.5 Å². The van der Waals surface area contributed by atoms with Gasteiger partial charge < -0.3 is 9.40 Å². The molecule has 0 aliphatic heterocycles. The number of aromatic nitrogens is 3. The Bertz CT molecular complexity index is 1090. The number of aryl methyl sites for hydroxylation is 1. The number of hydrogen-bond donors (Lipinski definition) is 1. The molecule has 0 aliphatic carbocycles. The highest BCUT2D eigenvalue weighted by molar-refractivity contribution is 8.00. The van der Waals surface area contributed by atoms with Crippen LogP contribution < -0.4 is 0 Å². The maximum atomic E-state index is 13.0. The van der Waals surface area contributed by atoms with E-state index in [1.54, 1.807) is 0 Å². The van der Waals surface area contributed by atoms with Gasteiger partial charge in [0.25, 0.3) is 5.22 Å². The largest absolute Gasteiger partial charge is 0.416 e. The Morgan fingerprint density at radius 1 is 1.11 bits per heavy atom. The zero-order valence-corrected chi connectivity index (χ0v) is 15.9. The first-order chi connectivity index (χ1) is 13.1. The number of fused-ring (bicyclic) bond motifs is 1. The van der Waals surface area contributed by atoms with E-state index in [0.717, 1.165) is 27.7 Å². The molecule has 5 nitrogen and oxygen atoms in total. The number of nitrogens with zero attached hydrogens (tertiary/aromatic N) is 2. The van der Waals surface area contributed by atoms with Crippen molar-refractivity contribution in [3.63, 3.8) is 0 Å². The Kier molecular flexibility index (Phi) is 4.81. The van der Waals surface area contributed by atoms with Crippen LogP contribution in [0.15, 0.2) is 64.2 Å². The Hall–Kier alpha value is -2.86. The zero-order valence-electron chi connectivity index (χ0n) is 15.1. The molecule has 1 atom stereocenters. The van der Waals surface area contributed by atoms with Gasteiger partial charge in [0.2, 0.25) is 5.89 Å². The maximum absolute atomic E-state index is 13.0. The van der Waals surface area contributed by atoms with E-state index in [1.165, 1.54) is 11.8 Å². The van der Waals surface area contributed by atoms with Crippen LogP contribution in [0, 0.1) is 6.92 Å². The Balaban J connectivity index is 1.50. The van der Waals surface area contributed by atoms with Gasteiger partial charge in [-0.05, 0) is 25.5 Å². The third kappa shape index (κ3) is 3.66. The molecule has 0 spiro atoms. The van der Waals surface area contributed by atoms with E-state index in [9.17, 15) is 4.79 Å². The number of thioether (sulfide) groups is 1. The highest BCUT2D eigenvalue weighted by Crippen LogP contribution is 2.29. The van der Waals surface area contributed by atoms with Gasteiger partial charge in [-0.3, -0.25) is 4.79 Å². The molecule has 0 bridgehead atoms. The van der Waals surface area contributed by atoms with Gasteiger partial charge in [-0.15, -0.1) is 10.2 Å². The molecule has 4 aromatic rings. The maximum Gasteiger partial charge on any atom is 0.277 e. The number of hydrogen-bond acceptors (Lipinski definition) is 5. The Morgan fingerprint density at radius 3 is 2.67 bits per heavy atom. The average molecular weight is 377 g/mol. The zero-order chi connectivity index (χ0) is 18.8. The van der Waals surface area contributed by atoms with E-state index >= 15 is 0 Å². The molecule has 2 aromatic heterocycles. The molecule has 1 N–H and O–H groups in total. The molecule has 2 heterocycles. The summed E-state index contributed by atoms with van der Waals surface area (Å²) in [5, 5.41) is 9.22. The molecule has 0 saturated carbocycles. The normalized spacial score (nSPS) is 12.4. The number of carbonyl (C=O) groups is 1. The smallest absolute Gasteiger partial charge is 0.277 e. The predicted octanol–water partition coefficient (Wildman–Crippen LogP) is 4.81. The lowest BCUT2D eigenvalue weighted by Crippen LogP contribution is -2.14. The lowest BCUT2D eigenvalue weighted by Gasteiger charge is -2.07. The lowest BCUT2D eigenvalue weighted by atomic mass is 10.1. The SMILES string of the molecule is Cc1[nH]c2ccccc2c1C(=O)[C@@H](C)Sc1nnc(Cc2ccccc2)o1. The molecule has 6 heteroatoms. The van der Waals surface area contributed by atoms with Gasteiger partial charge >= 0.3 is 0 Å². The summed E-state index contributed by atoms with van der Waals surface area (Å²) in [6, 6.07) is 17.8. The van der Waals surface area contributed by atoms with Crippen LogP contribution in [0.3, 0.4) is 0 Å². The molecule has 0 unspecified atom stereocenters. The van der Waals surface area contributed by atoms with Crippen molar-refractivity contribution in [3.05, 3.63) is 77.3 Å². The lowest BCUT2D eigenvalue weighted by molar-refractivity contribution is 0.0994. The minimum Gasteiger partial charge on any atom is -0.416 e. The van der Waals surface area contributed by atoms with Crippen molar-refractivity contribution < 1.29 is 9.21 Å². The second-order valence-electron chi connectivity index (χ2n) is 6.42. The standard InChI is InChI=1S/C21H19N3O2S/c1-13-19(16-10-6-7-11-17(16)22-13)20(25)14(2)27-21-24-23-18(26-21)12-15-8-4-3-5-9-15/h3-11,14,22H,12H2,1-2H3/t14-/m1/s1. The summed E-state index contributed by atoms with van der Waals surface area (Å²) in [6.07, 6.45) is 0.582. The van der Waals surface area contributed by atoms with Crippen LogP contribution in [0.4, 0.5) is 0 Å². The molecule has 0 radical (unpaired) electrons. The van der Waals surface area contributed by atoms with Crippen molar-refractivity contribution in [1.29, 1.82) is 0 Å². The summed E-state index contributed by atoms with van der Waals surface area (Å²) in [5.41, 5.74) is 3.69. The summed E-state index contributed by atoms with van der Waals surface area (Å²) in [4.78, 5) is 16.3. The number of benzene rings is 2. The number of ketones is 1. The first kappa shape index (κ1) is 17.5. The fourth-order valence-corrected chi connectivity index (χ4v) is 3.89. The topological polar surface area (TPSA) is 71.8 Å². The van der Waals surface area contributed by atoms with Gasteiger partial charge in [-0.25, -0.2) is 0 Å². The summed E-state index contributed by atoms with van der Waals surface area (Å²) in [5.74, 6) is 0.601. The minimum absolute atomic E-state index is 0.0535. The summed E-state index contributed by atoms with van der Waals surface area (Å²) in [6.45, 7) is 3.80. The van der Waals surface area contributed by atoms with Gasteiger partial charge in [-0.1, -0.05) is 60.3 Å². The third-order valence-electron chi connectivity index (χ3n) is 4.43. The van der Waals surface area contributed by atoms with Crippen molar-refractivity contribution in [2.24, 2.45) is 0 Å². The van der Waals surface area contributed by atoms with Crippen molar-refractivity contribution in [3.8, 4) is 0 Å². The highest BCUT2D eigenvalue weighted by Gasteiger charge is 2.24. The van der Waals surface area contributed by atoms with Crippen molar-refractivity contribution in [1.82, 2.24) is 15.2 Å². The summed E-state index contributed by atoms with van der Waals surface area (Å²) >= 11 is 1.29. The van der Waals surface area contributed by atoms with Gasteiger partial charge in [0.15, 0.2) is 5.78 Å². The quantitative estimate of drug-likeness (QED) is 0.385. The van der Waals surface area contributed by atoms with Gasteiger partial charge in [-0.2, -0.15) is 0 Å². The van der Waals surface area contributed by atoms with Gasteiger partial charge in [0.1, 0.15) is 0 Å². The fourth-order valence-electron chi connectivity index (χ4n) is 3.13. The average Bonchev–Trinajstić information content (AvgIpc) is 3.24. The highest BCUT2D eigenvalue weighted by atomic mass is 32.2. The number of nitrogens with one attached hydrogen (secondary N) is 1. The van der Waals surface area contributed by atoms with Gasteiger partial charge in [0, 0.05) is 22.2 Å². The number of H-pyrrole nitrogens is 1. The van der Waals surface area contributed by atoms with Crippen molar-refractivity contribution >= 4 is 28.4 Å². The van der Waals surface area contributed by atoms with Crippen LogP contribution in [0.25, 0.3) is 10.9 Å². The number of aromatic amines is 1. The summed E-state index contributed by atoms with van der Waals surface area (Å²) < 4.78 is 5.72. The first-order valence-electron chi connectivity index (χ1n) is 8.76. The van der Waals surface area contributed by atoms with Crippen LogP contribution in [0.1, 0.15) is 34.4 Å². The minimum atomic E-state index is -0.326. The fraction of sp³-hybridized carbons (Fsp3) is 0.190. The third-order valence-corrected chi connectivity index (χ3v) is 5.37. The number of Topliss-reactive ketones (excluding diaryl/α,β-unsaturated/α-hetero) is 1. The molecule has 0 fully saturated rings. The Morgan fingerprint density at radius 2 is 1.85 bits per heavy atom. The van der Waals surface area contributed by atoms with Crippen molar-refractivity contribution in [2.45, 2.75) is 30.7 Å². The summed E-state index contributed by atoms with van der Waals surface area (Å²) in [7, 11) is 0. The van der Waals surface area contributed by atoms with Crippen LogP contribution in [-0.4, -0.2) is 26.2 Å². The molecule has 2 aromatic carbocycles. The molecule has 4 rings (SSSR count). The number of rotatable bonds is 6. The van der Waals surface area contributed by atoms with Crippen LogP contribution >= 0.6 is 11.8 Å². The van der Waals surface area contributed by atoms with E-state index in [-0.39, 0.29) is 11.0 Å². The Labute approximate surface area is 161 Å². The molecule has 0 saturated heterocycles. The molecule has 0 amide bonds. The second kappa shape index (κ2) is 7.40. The van der Waals surface area contributed by atoms with Crippen molar-refractivity contribution in [2.75, 3.05) is 0 Å².